The largest absolute Gasteiger partial charge is 0.346 e. The maximum Gasteiger partial charge on any atom is 0.273 e. The number of aromatic amines is 1. The van der Waals surface area contributed by atoms with Crippen LogP contribution in [0.5, 0.6) is 0 Å². The molecule has 5 aromatic heterocycles. The number of hydrogen-bond donors (Lipinski definition) is 3. The molecule has 0 aliphatic carbocycles. The molecule has 0 saturated heterocycles. The number of halogens is 2. The summed E-state index contributed by atoms with van der Waals surface area (Å²) >= 11 is 0. The van der Waals surface area contributed by atoms with Crippen molar-refractivity contribution in [3.8, 4) is 22.6 Å². The summed E-state index contributed by atoms with van der Waals surface area (Å²) < 4.78 is 28.2. The summed E-state index contributed by atoms with van der Waals surface area (Å²) in [5.41, 5.74) is 4.04. The first-order chi connectivity index (χ1) is 18.7. The monoisotopic (exact) mass is 527 g/mol. The highest BCUT2D eigenvalue weighted by Crippen LogP contribution is 2.22. The molecule has 0 saturated carbocycles. The fraction of sp³-hybridized carbons (Fsp3) is 0.148. The Morgan fingerprint density at radius 2 is 1.77 bits per heavy atom. The second kappa shape index (κ2) is 10.7. The molecular formula is C27H23F2N9O. The number of carbonyl (C=O) groups is 1. The van der Waals surface area contributed by atoms with Gasteiger partial charge in [0.2, 0.25) is 5.95 Å². The van der Waals surface area contributed by atoms with Gasteiger partial charge in [0.05, 0.1) is 5.69 Å². The van der Waals surface area contributed by atoms with Gasteiger partial charge in [-0.25, -0.2) is 24.3 Å². The molecule has 5 rings (SSSR count). The first-order valence-corrected chi connectivity index (χ1v) is 11.9. The number of nitrogens with one attached hydrogen (secondary N) is 3. The summed E-state index contributed by atoms with van der Waals surface area (Å²) in [6, 6.07) is 11.1. The molecule has 0 atom stereocenters. The number of anilines is 2. The Hall–Kier alpha value is -5.13. The van der Waals surface area contributed by atoms with Crippen LogP contribution in [-0.2, 0) is 6.54 Å². The molecule has 0 radical (unpaired) electrons. The lowest BCUT2D eigenvalue weighted by Gasteiger charge is -2.09. The van der Waals surface area contributed by atoms with E-state index in [9.17, 15) is 13.6 Å². The van der Waals surface area contributed by atoms with Crippen LogP contribution in [0.3, 0.4) is 0 Å². The quantitative estimate of drug-likeness (QED) is 0.262. The fourth-order valence-corrected chi connectivity index (χ4v) is 3.86. The number of aryl methyl sites for hydroxylation is 3. The molecule has 5 heterocycles. The molecule has 0 unspecified atom stereocenters. The Labute approximate surface area is 222 Å². The van der Waals surface area contributed by atoms with E-state index >= 15 is 0 Å². The maximum absolute atomic E-state index is 14.9. The summed E-state index contributed by atoms with van der Waals surface area (Å²) in [6.07, 6.45) is 2.93. The average Bonchev–Trinajstić information content (AvgIpc) is 3.31. The summed E-state index contributed by atoms with van der Waals surface area (Å²) in [4.78, 5) is 33.6. The molecule has 10 nitrogen and oxygen atoms in total. The zero-order valence-electron chi connectivity index (χ0n) is 21.3. The molecule has 3 N–H and O–H groups in total. The van der Waals surface area contributed by atoms with Gasteiger partial charge in [0.25, 0.3) is 5.91 Å². The number of amides is 1. The van der Waals surface area contributed by atoms with E-state index in [-0.39, 0.29) is 18.1 Å². The Bertz CT molecular complexity index is 1670. The highest BCUT2D eigenvalue weighted by molar-refractivity contribution is 5.92. The van der Waals surface area contributed by atoms with Gasteiger partial charge in [-0.3, -0.25) is 14.9 Å². The van der Waals surface area contributed by atoms with Crippen molar-refractivity contribution in [1.29, 1.82) is 0 Å². The van der Waals surface area contributed by atoms with Crippen LogP contribution in [0.4, 0.5) is 20.4 Å². The molecule has 0 aliphatic rings. The molecule has 0 aromatic carbocycles. The van der Waals surface area contributed by atoms with Crippen molar-refractivity contribution in [2.45, 2.75) is 27.3 Å². The Kier molecular flexibility index (Phi) is 7.00. The predicted molar refractivity (Wildman–Crippen MR) is 140 cm³/mol. The fourth-order valence-electron chi connectivity index (χ4n) is 3.86. The lowest BCUT2D eigenvalue weighted by Crippen LogP contribution is -2.25. The van der Waals surface area contributed by atoms with Crippen LogP contribution in [0.1, 0.15) is 33.1 Å². The van der Waals surface area contributed by atoms with Crippen molar-refractivity contribution in [2.75, 3.05) is 5.32 Å². The molecular weight excluding hydrogens is 504 g/mol. The summed E-state index contributed by atoms with van der Waals surface area (Å²) in [7, 11) is 0. The molecule has 39 heavy (non-hydrogen) atoms. The number of aromatic nitrogens is 7. The zero-order valence-corrected chi connectivity index (χ0v) is 21.3. The number of hydrogen-bond acceptors (Lipinski definition) is 8. The van der Waals surface area contributed by atoms with Gasteiger partial charge < -0.3 is 10.6 Å². The SMILES string of the molecule is Cc1cc(Nc2cc(C)[nH]n2)nc(-c2cnc(C(=O)NCc3ccc(-c4ccc(F)nc4C)nc3)c(F)c2)n1. The van der Waals surface area contributed by atoms with E-state index in [2.05, 4.69) is 45.8 Å². The van der Waals surface area contributed by atoms with E-state index in [4.69, 9.17) is 0 Å². The van der Waals surface area contributed by atoms with E-state index in [0.29, 0.717) is 45.4 Å². The molecule has 12 heteroatoms. The van der Waals surface area contributed by atoms with Gasteiger partial charge >= 0.3 is 0 Å². The molecule has 196 valence electrons. The third-order valence-electron chi connectivity index (χ3n) is 5.74. The number of pyridine rings is 3. The first-order valence-electron chi connectivity index (χ1n) is 11.9. The summed E-state index contributed by atoms with van der Waals surface area (Å²) in [6.45, 7) is 5.47. The van der Waals surface area contributed by atoms with Crippen molar-refractivity contribution in [1.82, 2.24) is 40.4 Å². The van der Waals surface area contributed by atoms with Crippen molar-refractivity contribution in [3.63, 3.8) is 0 Å². The van der Waals surface area contributed by atoms with Gasteiger partial charge in [0.15, 0.2) is 23.2 Å². The van der Waals surface area contributed by atoms with Crippen molar-refractivity contribution < 1.29 is 13.6 Å². The normalized spacial score (nSPS) is 10.9. The van der Waals surface area contributed by atoms with Gasteiger partial charge in [0, 0.05) is 59.3 Å². The van der Waals surface area contributed by atoms with Gasteiger partial charge in [-0.1, -0.05) is 6.07 Å². The first kappa shape index (κ1) is 25.5. The molecule has 0 aliphatic heterocycles. The van der Waals surface area contributed by atoms with Gasteiger partial charge in [0.1, 0.15) is 5.82 Å². The standard InChI is InChI=1S/C27H23F2N9O/c1-14-8-23(35-24-9-15(2)37-38-24)36-26(33-14)18-10-20(28)25(31-13-18)27(39)32-12-17-4-6-21(30-11-17)19-5-7-22(29)34-16(19)3/h4-11,13H,12H2,1-3H3,(H,32,39)(H2,33,35,36,37,38). The average molecular weight is 528 g/mol. The maximum atomic E-state index is 14.9. The van der Waals surface area contributed by atoms with Crippen LogP contribution in [0.15, 0.2) is 54.9 Å². The van der Waals surface area contributed by atoms with Crippen LogP contribution in [0.2, 0.25) is 0 Å². The van der Waals surface area contributed by atoms with Gasteiger partial charge in [-0.2, -0.15) is 9.49 Å². The third kappa shape index (κ3) is 5.90. The Morgan fingerprint density at radius 1 is 0.923 bits per heavy atom. The van der Waals surface area contributed by atoms with Crippen molar-refractivity contribution in [2.24, 2.45) is 0 Å². The minimum absolute atomic E-state index is 0.109. The van der Waals surface area contributed by atoms with Crippen LogP contribution in [-0.4, -0.2) is 41.0 Å². The second-order valence-corrected chi connectivity index (χ2v) is 8.84. The molecule has 0 bridgehead atoms. The smallest absolute Gasteiger partial charge is 0.273 e. The van der Waals surface area contributed by atoms with E-state index in [1.165, 1.54) is 18.3 Å². The van der Waals surface area contributed by atoms with Crippen LogP contribution < -0.4 is 10.6 Å². The Morgan fingerprint density at radius 3 is 2.46 bits per heavy atom. The van der Waals surface area contributed by atoms with E-state index < -0.39 is 17.7 Å². The summed E-state index contributed by atoms with van der Waals surface area (Å²) in [5, 5.41) is 12.7. The summed E-state index contributed by atoms with van der Waals surface area (Å²) in [5.74, 6) is -0.723. The minimum Gasteiger partial charge on any atom is -0.346 e. The Balaban J connectivity index is 1.26. The number of nitrogens with zero attached hydrogens (tertiary/aromatic N) is 6. The third-order valence-corrected chi connectivity index (χ3v) is 5.74. The number of H-pyrrole nitrogens is 1. The van der Waals surface area contributed by atoms with Gasteiger partial charge in [-0.05, 0) is 50.6 Å². The minimum atomic E-state index is -0.805. The van der Waals surface area contributed by atoms with Crippen molar-refractivity contribution in [3.05, 3.63) is 95.0 Å². The number of rotatable bonds is 7. The predicted octanol–water partition coefficient (Wildman–Crippen LogP) is 4.60. The van der Waals surface area contributed by atoms with E-state index in [0.717, 1.165) is 5.69 Å². The van der Waals surface area contributed by atoms with E-state index in [1.54, 1.807) is 44.3 Å². The molecule has 0 spiro atoms. The zero-order chi connectivity index (χ0) is 27.5. The van der Waals surface area contributed by atoms with Crippen LogP contribution >= 0.6 is 0 Å². The van der Waals surface area contributed by atoms with Crippen LogP contribution in [0, 0.1) is 32.5 Å². The molecule has 0 fully saturated rings. The topological polar surface area (TPSA) is 134 Å². The highest BCUT2D eigenvalue weighted by Gasteiger charge is 2.17. The van der Waals surface area contributed by atoms with Crippen LogP contribution in [0.25, 0.3) is 22.6 Å². The highest BCUT2D eigenvalue weighted by atomic mass is 19.1. The molecule has 5 aromatic rings. The number of carbonyl (C=O) groups excluding carboxylic acids is 1. The van der Waals surface area contributed by atoms with Gasteiger partial charge in [-0.15, -0.1) is 0 Å². The lowest BCUT2D eigenvalue weighted by molar-refractivity contribution is 0.0941. The second-order valence-electron chi connectivity index (χ2n) is 8.84. The van der Waals surface area contributed by atoms with E-state index in [1.807, 2.05) is 13.0 Å². The van der Waals surface area contributed by atoms with Crippen molar-refractivity contribution >= 4 is 17.5 Å². The molecule has 1 amide bonds. The lowest BCUT2D eigenvalue weighted by atomic mass is 10.1.